The number of ether oxygens (including phenoxy) is 1. The predicted molar refractivity (Wildman–Crippen MR) is 72.4 cm³/mol. The Hall–Kier alpha value is 0.270. The van der Waals surface area contributed by atoms with E-state index in [0.29, 0.717) is 12.5 Å². The zero-order valence-corrected chi connectivity index (χ0v) is 12.8. The third-order valence-corrected chi connectivity index (χ3v) is 3.98. The fraction of sp³-hybridized carbons (Fsp3) is 0.727. The molecule has 0 aliphatic carbocycles. The number of hydrogen-bond acceptors (Lipinski definition) is 2. The summed E-state index contributed by atoms with van der Waals surface area (Å²) in [6, 6.07) is 0. The van der Waals surface area contributed by atoms with Crippen molar-refractivity contribution in [2.75, 3.05) is 12.5 Å². The van der Waals surface area contributed by atoms with Crippen LogP contribution in [0.1, 0.15) is 27.2 Å². The summed E-state index contributed by atoms with van der Waals surface area (Å²) in [7, 11) is 0. The molecule has 16 heavy (non-hydrogen) atoms. The summed E-state index contributed by atoms with van der Waals surface area (Å²) < 4.78 is 5.73. The molecule has 0 aliphatic rings. The van der Waals surface area contributed by atoms with Crippen molar-refractivity contribution in [1.29, 1.82) is 0 Å². The average molecular weight is 332 g/mol. The maximum absolute atomic E-state index is 11.4. The largest absolute Gasteiger partial charge is 0.466 e. The summed E-state index contributed by atoms with van der Waals surface area (Å²) in [6.07, 6.45) is 2.10. The first-order chi connectivity index (χ1) is 7.33. The Bertz CT molecular complexity index is 265. The summed E-state index contributed by atoms with van der Waals surface area (Å²) >= 11 is 15.1. The smallest absolute Gasteiger partial charge is 0.306 e. The number of rotatable bonds is 6. The molecular formula is C11H17BrCl2O2. The first-order valence-corrected chi connectivity index (χ1v) is 6.81. The van der Waals surface area contributed by atoms with Gasteiger partial charge in [0.1, 0.15) is 0 Å². The van der Waals surface area contributed by atoms with Crippen molar-refractivity contribution >= 4 is 45.1 Å². The van der Waals surface area contributed by atoms with Crippen molar-refractivity contribution in [1.82, 2.24) is 0 Å². The molecule has 5 heteroatoms. The predicted octanol–water partition coefficient (Wildman–Crippen LogP) is 4.09. The van der Waals surface area contributed by atoms with E-state index in [1.54, 1.807) is 6.92 Å². The summed E-state index contributed by atoms with van der Waals surface area (Å²) in [5.41, 5.74) is -0.362. The van der Waals surface area contributed by atoms with Gasteiger partial charge in [-0.05, 0) is 12.3 Å². The van der Waals surface area contributed by atoms with E-state index in [4.69, 9.17) is 27.9 Å². The molecule has 0 aromatic rings. The molecule has 0 spiro atoms. The quantitative estimate of drug-likeness (QED) is 0.541. The molecule has 0 radical (unpaired) electrons. The second-order valence-corrected chi connectivity index (χ2v) is 5.88. The second kappa shape index (κ2) is 7.57. The van der Waals surface area contributed by atoms with Crippen LogP contribution in [0.15, 0.2) is 10.6 Å². The Morgan fingerprint density at radius 2 is 2.12 bits per heavy atom. The van der Waals surface area contributed by atoms with Gasteiger partial charge in [-0.25, -0.2) is 0 Å². The van der Waals surface area contributed by atoms with Crippen LogP contribution in [-0.4, -0.2) is 23.8 Å². The molecule has 0 saturated heterocycles. The highest BCUT2D eigenvalue weighted by Crippen LogP contribution is 2.32. The third kappa shape index (κ3) is 6.12. The Balaban J connectivity index is 4.47. The molecule has 0 saturated carbocycles. The monoisotopic (exact) mass is 330 g/mol. The van der Waals surface area contributed by atoms with Crippen LogP contribution in [0.2, 0.25) is 0 Å². The lowest BCUT2D eigenvalue weighted by atomic mass is 9.85. The molecule has 0 aromatic carbocycles. The van der Waals surface area contributed by atoms with Gasteiger partial charge in [-0.2, -0.15) is 0 Å². The topological polar surface area (TPSA) is 26.3 Å². The maximum atomic E-state index is 11.4. The molecule has 0 amide bonds. The van der Waals surface area contributed by atoms with Gasteiger partial charge in [-0.3, -0.25) is 4.79 Å². The molecule has 1 unspecified atom stereocenters. The maximum Gasteiger partial charge on any atom is 0.306 e. The Labute approximate surface area is 115 Å². The number of esters is 1. The van der Waals surface area contributed by atoms with Crippen molar-refractivity contribution in [3.63, 3.8) is 0 Å². The average Bonchev–Trinajstić information content (AvgIpc) is 2.16. The molecule has 94 valence electrons. The van der Waals surface area contributed by atoms with Crippen LogP contribution < -0.4 is 0 Å². The number of carbonyl (C=O) groups is 1. The lowest BCUT2D eigenvalue weighted by Crippen LogP contribution is -2.27. The van der Waals surface area contributed by atoms with Gasteiger partial charge in [-0.1, -0.05) is 35.9 Å². The number of allylic oxidation sites excluding steroid dienone is 2. The van der Waals surface area contributed by atoms with Crippen molar-refractivity contribution in [3.8, 4) is 0 Å². The molecule has 0 rings (SSSR count). The molecule has 0 N–H and O–H groups in total. The van der Waals surface area contributed by atoms with Gasteiger partial charge in [0.2, 0.25) is 0 Å². The number of halogens is 3. The van der Waals surface area contributed by atoms with Gasteiger partial charge < -0.3 is 4.74 Å². The zero-order valence-electron chi connectivity index (χ0n) is 9.73. The summed E-state index contributed by atoms with van der Waals surface area (Å²) in [5, 5.41) is -0.273. The highest BCUT2D eigenvalue weighted by atomic mass is 79.9. The van der Waals surface area contributed by atoms with Crippen LogP contribution in [-0.2, 0) is 9.53 Å². The standard InChI is InChI=1S/C11H17BrCl2O2/c1-4-16-10(15)6-11(2,3)9(14)5-8(12)7-13/h5,9H,4,6-7H2,1-3H3. The van der Waals surface area contributed by atoms with Gasteiger partial charge in [0.15, 0.2) is 0 Å². The number of alkyl halides is 2. The van der Waals surface area contributed by atoms with Crippen LogP contribution in [0.3, 0.4) is 0 Å². The third-order valence-electron chi connectivity index (χ3n) is 2.11. The summed E-state index contributed by atoms with van der Waals surface area (Å²) in [4.78, 5) is 11.4. The van der Waals surface area contributed by atoms with E-state index in [9.17, 15) is 4.79 Å². The van der Waals surface area contributed by atoms with E-state index in [1.807, 2.05) is 19.9 Å². The molecule has 0 fully saturated rings. The molecule has 2 nitrogen and oxygen atoms in total. The fourth-order valence-corrected chi connectivity index (χ4v) is 1.85. The SMILES string of the molecule is CCOC(=O)CC(C)(C)C(Cl)C=C(Br)CCl. The normalized spacial score (nSPS) is 14.8. The summed E-state index contributed by atoms with van der Waals surface area (Å²) in [6.45, 7) is 6.02. The van der Waals surface area contributed by atoms with Crippen LogP contribution in [0.25, 0.3) is 0 Å². The lowest BCUT2D eigenvalue weighted by molar-refractivity contribution is -0.145. The molecule has 1 atom stereocenters. The van der Waals surface area contributed by atoms with Crippen molar-refractivity contribution < 1.29 is 9.53 Å². The van der Waals surface area contributed by atoms with Gasteiger partial charge in [0.05, 0.1) is 24.3 Å². The van der Waals surface area contributed by atoms with E-state index in [0.717, 1.165) is 4.48 Å². The lowest BCUT2D eigenvalue weighted by Gasteiger charge is -2.27. The Morgan fingerprint density at radius 3 is 2.56 bits per heavy atom. The van der Waals surface area contributed by atoms with Crippen molar-refractivity contribution in [2.24, 2.45) is 5.41 Å². The van der Waals surface area contributed by atoms with Gasteiger partial charge in [0, 0.05) is 4.48 Å². The van der Waals surface area contributed by atoms with E-state index in [2.05, 4.69) is 15.9 Å². The minimum absolute atomic E-state index is 0.228. The van der Waals surface area contributed by atoms with E-state index in [-0.39, 0.29) is 23.2 Å². The molecule has 0 heterocycles. The Morgan fingerprint density at radius 1 is 1.56 bits per heavy atom. The second-order valence-electron chi connectivity index (χ2n) is 4.12. The van der Waals surface area contributed by atoms with Gasteiger partial charge in [0.25, 0.3) is 0 Å². The molecule has 0 bridgehead atoms. The van der Waals surface area contributed by atoms with E-state index >= 15 is 0 Å². The number of hydrogen-bond donors (Lipinski definition) is 0. The Kier molecular flexibility index (Phi) is 7.70. The van der Waals surface area contributed by atoms with Crippen molar-refractivity contribution in [2.45, 2.75) is 32.6 Å². The minimum atomic E-state index is -0.362. The first-order valence-electron chi connectivity index (χ1n) is 5.05. The molecular weight excluding hydrogens is 315 g/mol. The molecule has 0 aliphatic heterocycles. The van der Waals surface area contributed by atoms with Crippen LogP contribution in [0, 0.1) is 5.41 Å². The summed E-state index contributed by atoms with van der Waals surface area (Å²) in [5.74, 6) is 0.146. The fourth-order valence-electron chi connectivity index (χ4n) is 1.11. The van der Waals surface area contributed by atoms with Gasteiger partial charge in [-0.15, -0.1) is 23.2 Å². The molecule has 0 aromatic heterocycles. The highest BCUT2D eigenvalue weighted by molar-refractivity contribution is 9.11. The van der Waals surface area contributed by atoms with Crippen LogP contribution in [0.5, 0.6) is 0 Å². The number of carbonyl (C=O) groups excluding carboxylic acids is 1. The van der Waals surface area contributed by atoms with Crippen LogP contribution in [0.4, 0.5) is 0 Å². The zero-order chi connectivity index (χ0) is 12.8. The minimum Gasteiger partial charge on any atom is -0.466 e. The first kappa shape index (κ1) is 16.3. The van der Waals surface area contributed by atoms with E-state index < -0.39 is 0 Å². The van der Waals surface area contributed by atoms with E-state index in [1.165, 1.54) is 0 Å². The van der Waals surface area contributed by atoms with Crippen LogP contribution >= 0.6 is 39.1 Å². The highest BCUT2D eigenvalue weighted by Gasteiger charge is 2.30. The van der Waals surface area contributed by atoms with Crippen molar-refractivity contribution in [3.05, 3.63) is 10.6 Å². The van der Waals surface area contributed by atoms with Gasteiger partial charge >= 0.3 is 5.97 Å².